The van der Waals surface area contributed by atoms with E-state index in [-0.39, 0.29) is 6.61 Å². The summed E-state index contributed by atoms with van der Waals surface area (Å²) in [5.41, 5.74) is 3.44. The number of hydrogen-bond acceptors (Lipinski definition) is 1. The monoisotopic (exact) mass is 175 g/mol. The van der Waals surface area contributed by atoms with E-state index in [0.717, 1.165) is 22.9 Å². The van der Waals surface area contributed by atoms with Crippen molar-refractivity contribution in [2.75, 3.05) is 0 Å². The number of aliphatic hydroxyl groups excluding tert-OH is 1. The highest BCUT2D eigenvalue weighted by Gasteiger charge is 2.04. The molecule has 0 atom stereocenters. The lowest BCUT2D eigenvalue weighted by molar-refractivity contribution is 0.283. The van der Waals surface area contributed by atoms with Crippen LogP contribution in [0, 0.1) is 0 Å². The predicted molar refractivity (Wildman–Crippen MR) is 53.6 cm³/mol. The summed E-state index contributed by atoms with van der Waals surface area (Å²) in [6, 6.07) is 6.19. The molecule has 0 radical (unpaired) electrons. The van der Waals surface area contributed by atoms with Crippen LogP contribution in [0.15, 0.2) is 24.4 Å². The fourth-order valence-electron chi connectivity index (χ4n) is 1.70. The third-order valence-corrected chi connectivity index (χ3v) is 2.44. The van der Waals surface area contributed by atoms with Crippen molar-refractivity contribution in [3.63, 3.8) is 0 Å². The van der Waals surface area contributed by atoms with Crippen LogP contribution in [0.1, 0.15) is 18.1 Å². The first kappa shape index (κ1) is 8.32. The molecule has 1 aromatic carbocycles. The SMILES string of the molecule is CCc1cccc2c(CO)c[nH]c12. The lowest BCUT2D eigenvalue weighted by atomic mass is 10.1. The number of aromatic amines is 1. The van der Waals surface area contributed by atoms with Gasteiger partial charge in [-0.3, -0.25) is 0 Å². The van der Waals surface area contributed by atoms with Crippen LogP contribution in [-0.4, -0.2) is 10.1 Å². The van der Waals surface area contributed by atoms with Gasteiger partial charge in [-0.2, -0.15) is 0 Å². The summed E-state index contributed by atoms with van der Waals surface area (Å²) >= 11 is 0. The van der Waals surface area contributed by atoms with Gasteiger partial charge in [0.1, 0.15) is 0 Å². The molecule has 0 amide bonds. The van der Waals surface area contributed by atoms with Gasteiger partial charge in [-0.05, 0) is 12.0 Å². The van der Waals surface area contributed by atoms with Gasteiger partial charge in [-0.15, -0.1) is 0 Å². The zero-order valence-electron chi connectivity index (χ0n) is 7.67. The van der Waals surface area contributed by atoms with E-state index in [2.05, 4.69) is 18.0 Å². The maximum Gasteiger partial charge on any atom is 0.0702 e. The van der Waals surface area contributed by atoms with Gasteiger partial charge in [0.15, 0.2) is 0 Å². The third-order valence-electron chi connectivity index (χ3n) is 2.44. The summed E-state index contributed by atoms with van der Waals surface area (Å²) in [7, 11) is 0. The molecule has 0 saturated heterocycles. The van der Waals surface area contributed by atoms with E-state index in [1.165, 1.54) is 5.56 Å². The van der Waals surface area contributed by atoms with Gasteiger partial charge in [0.05, 0.1) is 6.61 Å². The van der Waals surface area contributed by atoms with E-state index in [1.807, 2.05) is 18.3 Å². The number of aryl methyl sites for hydroxylation is 1. The first-order chi connectivity index (χ1) is 6.36. The van der Waals surface area contributed by atoms with E-state index in [4.69, 9.17) is 5.11 Å². The standard InChI is InChI=1S/C11H13NO/c1-2-8-4-3-5-10-9(7-13)6-12-11(8)10/h3-6,12-13H,2,7H2,1H3. The second-order valence-corrected chi connectivity index (χ2v) is 3.17. The van der Waals surface area contributed by atoms with E-state index in [9.17, 15) is 0 Å². The highest BCUT2D eigenvalue weighted by Crippen LogP contribution is 2.21. The van der Waals surface area contributed by atoms with Gasteiger partial charge >= 0.3 is 0 Å². The van der Waals surface area contributed by atoms with E-state index >= 15 is 0 Å². The molecule has 1 aromatic heterocycles. The number of nitrogens with one attached hydrogen (secondary N) is 1. The molecule has 2 aromatic rings. The molecule has 0 saturated carbocycles. The Morgan fingerprint density at radius 2 is 2.15 bits per heavy atom. The molecule has 0 unspecified atom stereocenters. The Bertz CT molecular complexity index is 417. The molecule has 2 heteroatoms. The smallest absolute Gasteiger partial charge is 0.0702 e. The van der Waals surface area contributed by atoms with Crippen molar-refractivity contribution < 1.29 is 5.11 Å². The molecule has 2 rings (SSSR count). The number of benzene rings is 1. The lowest BCUT2D eigenvalue weighted by Gasteiger charge is -1.99. The number of aromatic nitrogens is 1. The fraction of sp³-hybridized carbons (Fsp3) is 0.273. The predicted octanol–water partition coefficient (Wildman–Crippen LogP) is 2.22. The topological polar surface area (TPSA) is 36.0 Å². The number of hydrogen-bond donors (Lipinski definition) is 2. The molecule has 0 aliphatic rings. The fourth-order valence-corrected chi connectivity index (χ4v) is 1.70. The Morgan fingerprint density at radius 1 is 1.31 bits per heavy atom. The quantitative estimate of drug-likeness (QED) is 0.721. The Morgan fingerprint density at radius 3 is 2.85 bits per heavy atom. The summed E-state index contributed by atoms with van der Waals surface area (Å²) in [6.07, 6.45) is 2.90. The lowest BCUT2D eigenvalue weighted by Crippen LogP contribution is -1.82. The van der Waals surface area contributed by atoms with Crippen LogP contribution < -0.4 is 0 Å². The van der Waals surface area contributed by atoms with Crippen LogP contribution >= 0.6 is 0 Å². The second kappa shape index (κ2) is 3.23. The molecule has 0 fully saturated rings. The summed E-state index contributed by atoms with van der Waals surface area (Å²) in [6.45, 7) is 2.24. The maximum atomic E-state index is 9.07. The van der Waals surface area contributed by atoms with Gasteiger partial charge in [-0.1, -0.05) is 25.1 Å². The molecule has 2 nitrogen and oxygen atoms in total. The normalized spacial score (nSPS) is 10.9. The molecule has 0 spiro atoms. The molecule has 0 bridgehead atoms. The van der Waals surface area contributed by atoms with Crippen molar-refractivity contribution in [2.45, 2.75) is 20.0 Å². The minimum Gasteiger partial charge on any atom is -0.392 e. The van der Waals surface area contributed by atoms with Gasteiger partial charge in [0.25, 0.3) is 0 Å². The molecular weight excluding hydrogens is 162 g/mol. The number of aliphatic hydroxyl groups is 1. The second-order valence-electron chi connectivity index (χ2n) is 3.17. The molecule has 68 valence electrons. The van der Waals surface area contributed by atoms with Gasteiger partial charge in [-0.25, -0.2) is 0 Å². The highest BCUT2D eigenvalue weighted by atomic mass is 16.3. The van der Waals surface area contributed by atoms with Crippen molar-refractivity contribution in [3.05, 3.63) is 35.5 Å². The number of rotatable bonds is 2. The summed E-state index contributed by atoms with van der Waals surface area (Å²) in [5.74, 6) is 0. The number of fused-ring (bicyclic) bond motifs is 1. The maximum absolute atomic E-state index is 9.07. The summed E-state index contributed by atoms with van der Waals surface area (Å²) < 4.78 is 0. The van der Waals surface area contributed by atoms with Gasteiger partial charge < -0.3 is 10.1 Å². The van der Waals surface area contributed by atoms with Crippen LogP contribution in [0.2, 0.25) is 0 Å². The molecule has 2 N–H and O–H groups in total. The van der Waals surface area contributed by atoms with Crippen LogP contribution in [0.3, 0.4) is 0 Å². The summed E-state index contributed by atoms with van der Waals surface area (Å²) in [5, 5.41) is 10.2. The van der Waals surface area contributed by atoms with Crippen molar-refractivity contribution in [3.8, 4) is 0 Å². The minimum atomic E-state index is 0.104. The van der Waals surface area contributed by atoms with E-state index in [0.29, 0.717) is 0 Å². The van der Waals surface area contributed by atoms with Crippen molar-refractivity contribution in [1.82, 2.24) is 4.98 Å². The van der Waals surface area contributed by atoms with Crippen molar-refractivity contribution >= 4 is 10.9 Å². The number of para-hydroxylation sites is 1. The van der Waals surface area contributed by atoms with E-state index < -0.39 is 0 Å². The van der Waals surface area contributed by atoms with Crippen molar-refractivity contribution in [1.29, 1.82) is 0 Å². The molecular formula is C11H13NO. The largest absolute Gasteiger partial charge is 0.392 e. The first-order valence-electron chi connectivity index (χ1n) is 4.55. The van der Waals surface area contributed by atoms with E-state index in [1.54, 1.807) is 0 Å². The Hall–Kier alpha value is -1.28. The Labute approximate surface area is 77.2 Å². The molecule has 1 heterocycles. The van der Waals surface area contributed by atoms with Crippen LogP contribution in [0.4, 0.5) is 0 Å². The van der Waals surface area contributed by atoms with Gasteiger partial charge in [0.2, 0.25) is 0 Å². The molecule has 0 aliphatic carbocycles. The highest BCUT2D eigenvalue weighted by molar-refractivity contribution is 5.85. The van der Waals surface area contributed by atoms with Crippen molar-refractivity contribution in [2.24, 2.45) is 0 Å². The molecule has 13 heavy (non-hydrogen) atoms. The first-order valence-corrected chi connectivity index (χ1v) is 4.55. The third kappa shape index (κ3) is 1.23. The number of H-pyrrole nitrogens is 1. The van der Waals surface area contributed by atoms with Crippen LogP contribution in [-0.2, 0) is 13.0 Å². The summed E-state index contributed by atoms with van der Waals surface area (Å²) in [4.78, 5) is 3.20. The zero-order valence-corrected chi connectivity index (χ0v) is 7.67. The zero-order chi connectivity index (χ0) is 9.26. The van der Waals surface area contributed by atoms with Gasteiger partial charge in [0, 0.05) is 22.7 Å². The minimum absolute atomic E-state index is 0.104. The van der Waals surface area contributed by atoms with Crippen LogP contribution in [0.25, 0.3) is 10.9 Å². The average molecular weight is 175 g/mol. The molecule has 0 aliphatic heterocycles. The average Bonchev–Trinajstić information content (AvgIpc) is 2.60. The van der Waals surface area contributed by atoms with Crippen LogP contribution in [0.5, 0.6) is 0 Å². The Balaban J connectivity index is 2.72. The Kier molecular flexibility index (Phi) is 2.07.